The van der Waals surface area contributed by atoms with Gasteiger partial charge in [0, 0.05) is 18.5 Å². The summed E-state index contributed by atoms with van der Waals surface area (Å²) >= 11 is 0. The molecule has 1 aromatic heterocycles. The Morgan fingerprint density at radius 1 is 1.10 bits per heavy atom. The van der Waals surface area contributed by atoms with Crippen molar-refractivity contribution in [3.05, 3.63) is 82.9 Å². The maximum atomic E-state index is 12.7. The summed E-state index contributed by atoms with van der Waals surface area (Å²) < 4.78 is 21.8. The van der Waals surface area contributed by atoms with E-state index in [0.717, 1.165) is 5.56 Å². The standard InChI is InChI=1S/C23H15NO6/c1-13-7-16(29-23(26)15-4-5-17-18(9-15)28-12-27-17)10-19-21(13)22(25)20(30-19)8-14-3-2-6-24-11-14/h2-11H,12H2,1H3/b20-8-. The van der Waals surface area contributed by atoms with Crippen molar-refractivity contribution in [3.8, 4) is 23.0 Å². The van der Waals surface area contributed by atoms with Crippen LogP contribution in [0.1, 0.15) is 31.8 Å². The molecule has 0 fully saturated rings. The Hall–Kier alpha value is -4.13. The van der Waals surface area contributed by atoms with Crippen molar-refractivity contribution in [2.75, 3.05) is 6.79 Å². The number of esters is 1. The third-order valence-electron chi connectivity index (χ3n) is 4.74. The van der Waals surface area contributed by atoms with E-state index >= 15 is 0 Å². The summed E-state index contributed by atoms with van der Waals surface area (Å²) in [6, 6.07) is 11.6. The first-order valence-electron chi connectivity index (χ1n) is 9.19. The lowest BCUT2D eigenvalue weighted by Gasteiger charge is -2.08. The average Bonchev–Trinajstić information content (AvgIpc) is 3.33. The molecular weight excluding hydrogens is 386 g/mol. The number of rotatable bonds is 3. The zero-order valence-corrected chi connectivity index (χ0v) is 15.9. The predicted molar refractivity (Wildman–Crippen MR) is 106 cm³/mol. The van der Waals surface area contributed by atoms with Gasteiger partial charge in [-0.15, -0.1) is 0 Å². The third kappa shape index (κ3) is 3.16. The molecular formula is C23H15NO6. The molecule has 148 valence electrons. The van der Waals surface area contributed by atoms with E-state index in [9.17, 15) is 9.59 Å². The van der Waals surface area contributed by atoms with Crippen molar-refractivity contribution < 1.29 is 28.5 Å². The molecule has 0 spiro atoms. The lowest BCUT2D eigenvalue weighted by Crippen LogP contribution is -2.08. The summed E-state index contributed by atoms with van der Waals surface area (Å²) in [5.74, 6) is 1.13. The van der Waals surface area contributed by atoms with Crippen molar-refractivity contribution in [1.29, 1.82) is 0 Å². The van der Waals surface area contributed by atoms with Gasteiger partial charge in [0.15, 0.2) is 17.3 Å². The van der Waals surface area contributed by atoms with Crippen LogP contribution in [0.25, 0.3) is 6.08 Å². The minimum absolute atomic E-state index is 0.123. The van der Waals surface area contributed by atoms with Crippen molar-refractivity contribution in [3.63, 3.8) is 0 Å². The van der Waals surface area contributed by atoms with Crippen LogP contribution in [-0.4, -0.2) is 23.5 Å². The van der Waals surface area contributed by atoms with E-state index in [1.54, 1.807) is 55.7 Å². The minimum atomic E-state index is -0.553. The molecule has 0 saturated carbocycles. The summed E-state index contributed by atoms with van der Waals surface area (Å²) in [7, 11) is 0. The van der Waals surface area contributed by atoms with E-state index in [0.29, 0.717) is 33.9 Å². The summed E-state index contributed by atoms with van der Waals surface area (Å²) in [5.41, 5.74) is 2.18. The number of pyridine rings is 1. The Morgan fingerprint density at radius 3 is 2.80 bits per heavy atom. The molecule has 7 heteroatoms. The molecule has 0 bridgehead atoms. The molecule has 0 saturated heterocycles. The number of benzene rings is 2. The smallest absolute Gasteiger partial charge is 0.343 e. The van der Waals surface area contributed by atoms with Gasteiger partial charge in [-0.1, -0.05) is 6.07 Å². The average molecular weight is 401 g/mol. The number of aromatic nitrogens is 1. The van der Waals surface area contributed by atoms with Gasteiger partial charge in [0.05, 0.1) is 11.1 Å². The summed E-state index contributed by atoms with van der Waals surface area (Å²) in [5, 5.41) is 0. The molecule has 2 aliphatic rings. The van der Waals surface area contributed by atoms with Gasteiger partial charge in [0.25, 0.3) is 0 Å². The number of nitrogens with zero attached hydrogens (tertiary/aromatic N) is 1. The lowest BCUT2D eigenvalue weighted by atomic mass is 10.0. The zero-order valence-electron chi connectivity index (χ0n) is 15.9. The number of hydrogen-bond donors (Lipinski definition) is 0. The maximum Gasteiger partial charge on any atom is 0.343 e. The molecule has 7 nitrogen and oxygen atoms in total. The highest BCUT2D eigenvalue weighted by Crippen LogP contribution is 2.38. The van der Waals surface area contributed by atoms with E-state index in [1.165, 1.54) is 6.07 Å². The fraction of sp³-hybridized carbons (Fsp3) is 0.0870. The van der Waals surface area contributed by atoms with Crippen LogP contribution in [0, 0.1) is 6.92 Å². The molecule has 0 aliphatic carbocycles. The monoisotopic (exact) mass is 401 g/mol. The number of allylic oxidation sites excluding steroid dienone is 1. The highest BCUT2D eigenvalue weighted by molar-refractivity contribution is 6.15. The summed E-state index contributed by atoms with van der Waals surface area (Å²) in [6.07, 6.45) is 4.92. The molecule has 5 rings (SSSR count). The molecule has 3 aromatic rings. The molecule has 0 radical (unpaired) electrons. The second-order valence-electron chi connectivity index (χ2n) is 6.80. The third-order valence-corrected chi connectivity index (χ3v) is 4.74. The van der Waals surface area contributed by atoms with E-state index < -0.39 is 5.97 Å². The largest absolute Gasteiger partial charge is 0.454 e. The molecule has 0 unspecified atom stereocenters. The molecule has 0 atom stereocenters. The first-order valence-corrected chi connectivity index (χ1v) is 9.19. The van der Waals surface area contributed by atoms with Crippen LogP contribution in [0.5, 0.6) is 23.0 Å². The van der Waals surface area contributed by atoms with Crippen molar-refractivity contribution in [2.24, 2.45) is 0 Å². The predicted octanol–water partition coefficient (Wildman–Crippen LogP) is 3.95. The second kappa shape index (κ2) is 7.04. The van der Waals surface area contributed by atoms with Gasteiger partial charge in [0.2, 0.25) is 12.6 Å². The fourth-order valence-corrected chi connectivity index (χ4v) is 3.34. The Morgan fingerprint density at radius 2 is 1.97 bits per heavy atom. The normalized spacial score (nSPS) is 15.1. The molecule has 2 aromatic carbocycles. The number of aryl methyl sites for hydroxylation is 1. The van der Waals surface area contributed by atoms with Crippen molar-refractivity contribution >= 4 is 17.8 Å². The number of hydrogen-bond acceptors (Lipinski definition) is 7. The molecule has 2 aliphatic heterocycles. The molecule has 0 amide bonds. The summed E-state index contributed by atoms with van der Waals surface area (Å²) in [4.78, 5) is 29.3. The van der Waals surface area contributed by atoms with Crippen LogP contribution < -0.4 is 18.9 Å². The van der Waals surface area contributed by atoms with Gasteiger partial charge in [-0.2, -0.15) is 0 Å². The van der Waals surface area contributed by atoms with Crippen molar-refractivity contribution in [1.82, 2.24) is 4.98 Å². The van der Waals surface area contributed by atoms with Crippen LogP contribution in [0.3, 0.4) is 0 Å². The molecule has 30 heavy (non-hydrogen) atoms. The van der Waals surface area contributed by atoms with Gasteiger partial charge in [-0.3, -0.25) is 9.78 Å². The van der Waals surface area contributed by atoms with Gasteiger partial charge < -0.3 is 18.9 Å². The van der Waals surface area contributed by atoms with Crippen LogP contribution in [0.15, 0.2) is 60.6 Å². The number of ketones is 1. The highest BCUT2D eigenvalue weighted by atomic mass is 16.7. The van der Waals surface area contributed by atoms with E-state index in [2.05, 4.69) is 4.98 Å². The van der Waals surface area contributed by atoms with Crippen molar-refractivity contribution in [2.45, 2.75) is 6.92 Å². The van der Waals surface area contributed by atoms with Gasteiger partial charge in [0.1, 0.15) is 11.5 Å². The van der Waals surface area contributed by atoms with E-state index in [1.807, 2.05) is 6.07 Å². The van der Waals surface area contributed by atoms with E-state index in [4.69, 9.17) is 18.9 Å². The van der Waals surface area contributed by atoms with E-state index in [-0.39, 0.29) is 24.1 Å². The highest BCUT2D eigenvalue weighted by Gasteiger charge is 2.30. The Kier molecular flexibility index (Phi) is 4.21. The number of carbonyl (C=O) groups excluding carboxylic acids is 2. The molecule has 0 N–H and O–H groups in total. The number of fused-ring (bicyclic) bond motifs is 2. The Balaban J connectivity index is 1.40. The fourth-order valence-electron chi connectivity index (χ4n) is 3.34. The number of Topliss-reactive ketones (excluding diaryl/α,β-unsaturated/α-hetero) is 1. The van der Waals surface area contributed by atoms with Crippen LogP contribution in [-0.2, 0) is 0 Å². The maximum absolute atomic E-state index is 12.7. The van der Waals surface area contributed by atoms with Gasteiger partial charge >= 0.3 is 5.97 Å². The lowest BCUT2D eigenvalue weighted by molar-refractivity contribution is 0.0734. The first kappa shape index (κ1) is 17.9. The van der Waals surface area contributed by atoms with Crippen LogP contribution >= 0.6 is 0 Å². The Labute approximate surface area is 171 Å². The number of ether oxygens (including phenoxy) is 4. The Bertz CT molecular complexity index is 1220. The van der Waals surface area contributed by atoms with Crippen LogP contribution in [0.4, 0.5) is 0 Å². The second-order valence-corrected chi connectivity index (χ2v) is 6.80. The summed E-state index contributed by atoms with van der Waals surface area (Å²) in [6.45, 7) is 1.89. The topological polar surface area (TPSA) is 84.0 Å². The number of carbonyl (C=O) groups is 2. The van der Waals surface area contributed by atoms with Crippen LogP contribution in [0.2, 0.25) is 0 Å². The zero-order chi connectivity index (χ0) is 20.7. The van der Waals surface area contributed by atoms with Gasteiger partial charge in [-0.05, 0) is 54.5 Å². The minimum Gasteiger partial charge on any atom is -0.454 e. The van der Waals surface area contributed by atoms with Gasteiger partial charge in [-0.25, -0.2) is 4.79 Å². The molecule has 3 heterocycles. The quantitative estimate of drug-likeness (QED) is 0.373. The SMILES string of the molecule is Cc1cc(OC(=O)c2ccc3c(c2)OCO3)cc2c1C(=O)/C(=C/c1cccnc1)O2. The first-order chi connectivity index (χ1) is 14.6.